The summed E-state index contributed by atoms with van der Waals surface area (Å²) in [6.07, 6.45) is 5.58. The van der Waals surface area contributed by atoms with Crippen LogP contribution < -0.4 is 16.1 Å². The number of benzene rings is 1. The lowest BCUT2D eigenvalue weighted by Crippen LogP contribution is -2.53. The normalized spacial score (nSPS) is 31.6. The Labute approximate surface area is 226 Å². The van der Waals surface area contributed by atoms with Crippen LogP contribution in [0.1, 0.15) is 57.9 Å². The summed E-state index contributed by atoms with van der Waals surface area (Å²) in [6.45, 7) is 5.76. The molecule has 1 aromatic rings. The maximum Gasteiger partial charge on any atom is 0.243 e. The van der Waals surface area contributed by atoms with Gasteiger partial charge in [0.15, 0.2) is 0 Å². The molecule has 208 valence electrons. The largest absolute Gasteiger partial charge is 0.384 e. The fourth-order valence-corrected chi connectivity index (χ4v) is 8.57. The van der Waals surface area contributed by atoms with E-state index in [1.165, 1.54) is 4.31 Å². The van der Waals surface area contributed by atoms with Gasteiger partial charge in [0.25, 0.3) is 0 Å². The fraction of sp³-hybridized carbons (Fsp3) is 0.704. The third kappa shape index (κ3) is 5.17. The van der Waals surface area contributed by atoms with Gasteiger partial charge >= 0.3 is 0 Å². The van der Waals surface area contributed by atoms with Crippen molar-refractivity contribution in [3.8, 4) is 6.07 Å². The number of carbonyl (C=O) groups excluding carboxylic acids is 1. The summed E-state index contributed by atoms with van der Waals surface area (Å²) >= 11 is 0. The number of rotatable bonds is 7. The molecule has 5 rings (SSSR count). The molecule has 1 aromatic carbocycles. The number of hydrazine groups is 1. The van der Waals surface area contributed by atoms with E-state index in [4.69, 9.17) is 4.74 Å². The van der Waals surface area contributed by atoms with Gasteiger partial charge < -0.3 is 15.4 Å². The van der Waals surface area contributed by atoms with Crippen LogP contribution in [-0.2, 0) is 26.1 Å². The number of nitrogens with one attached hydrogen (secondary N) is 3. The topological polar surface area (TPSA) is 127 Å². The summed E-state index contributed by atoms with van der Waals surface area (Å²) in [7, 11) is -1.95. The van der Waals surface area contributed by atoms with Crippen LogP contribution in [0.5, 0.6) is 0 Å². The highest BCUT2D eigenvalue weighted by atomic mass is 32.2. The van der Waals surface area contributed by atoms with E-state index >= 15 is 0 Å². The number of fused-ring (bicyclic) bond motifs is 2. The molecule has 3 fully saturated rings. The maximum absolute atomic E-state index is 13.2. The number of amides is 1. The van der Waals surface area contributed by atoms with Crippen LogP contribution in [0.2, 0.25) is 0 Å². The average molecular weight is 545 g/mol. The number of piperidine rings is 1. The van der Waals surface area contributed by atoms with Gasteiger partial charge in [-0.05, 0) is 43.0 Å². The van der Waals surface area contributed by atoms with E-state index in [1.807, 2.05) is 19.9 Å². The molecule has 1 saturated carbocycles. The van der Waals surface area contributed by atoms with Crippen molar-refractivity contribution in [2.24, 2.45) is 17.3 Å². The number of methoxy groups -OCH3 is 1. The van der Waals surface area contributed by atoms with Crippen LogP contribution in [0, 0.1) is 28.6 Å². The molecular formula is C27H40N6O4S. The molecule has 3 N–H and O–H groups in total. The van der Waals surface area contributed by atoms with Crippen molar-refractivity contribution >= 4 is 21.6 Å². The zero-order valence-corrected chi connectivity index (χ0v) is 23.4. The molecule has 38 heavy (non-hydrogen) atoms. The van der Waals surface area contributed by atoms with Crippen LogP contribution in [0.3, 0.4) is 0 Å². The van der Waals surface area contributed by atoms with E-state index in [0.29, 0.717) is 31.1 Å². The van der Waals surface area contributed by atoms with E-state index in [9.17, 15) is 18.5 Å². The zero-order chi connectivity index (χ0) is 27.1. The SMILES string of the molecule is COCC(C)(C)CN1Cc2cc(NC3NN([C@H]4CCCCC[C@@H]4C#N)C4CCNC(=O)C34)ccc2S1(=O)=O. The Bertz CT molecular complexity index is 1200. The molecule has 10 nitrogen and oxygen atoms in total. The predicted octanol–water partition coefficient (Wildman–Crippen LogP) is 2.40. The summed E-state index contributed by atoms with van der Waals surface area (Å²) in [5.41, 5.74) is 4.78. The first kappa shape index (κ1) is 27.3. The van der Waals surface area contributed by atoms with Crippen molar-refractivity contribution in [1.82, 2.24) is 20.1 Å². The first-order valence-corrected chi connectivity index (χ1v) is 15.2. The minimum absolute atomic E-state index is 0.00571. The van der Waals surface area contributed by atoms with Gasteiger partial charge in [0, 0.05) is 49.9 Å². The Morgan fingerprint density at radius 2 is 1.97 bits per heavy atom. The van der Waals surface area contributed by atoms with Crippen molar-refractivity contribution in [3.63, 3.8) is 0 Å². The van der Waals surface area contributed by atoms with E-state index in [0.717, 1.165) is 49.8 Å². The van der Waals surface area contributed by atoms with E-state index < -0.39 is 10.0 Å². The van der Waals surface area contributed by atoms with Crippen molar-refractivity contribution in [3.05, 3.63) is 23.8 Å². The first-order valence-electron chi connectivity index (χ1n) is 13.7. The maximum atomic E-state index is 13.2. The molecule has 2 saturated heterocycles. The van der Waals surface area contributed by atoms with Gasteiger partial charge in [-0.1, -0.05) is 33.1 Å². The first-order chi connectivity index (χ1) is 18.1. The predicted molar refractivity (Wildman–Crippen MR) is 143 cm³/mol. The van der Waals surface area contributed by atoms with Gasteiger partial charge in [0.05, 0.1) is 29.4 Å². The molecule has 0 aromatic heterocycles. The quantitative estimate of drug-likeness (QED) is 0.447. The van der Waals surface area contributed by atoms with Gasteiger partial charge in [-0.2, -0.15) is 9.57 Å². The summed E-state index contributed by atoms with van der Waals surface area (Å²) < 4.78 is 33.3. The molecule has 3 aliphatic heterocycles. The summed E-state index contributed by atoms with van der Waals surface area (Å²) in [6, 6.07) is 7.95. The van der Waals surface area contributed by atoms with Crippen LogP contribution in [-0.4, -0.2) is 68.7 Å². The molecule has 1 aliphatic carbocycles. The summed E-state index contributed by atoms with van der Waals surface area (Å²) in [5.74, 6) is -0.367. The van der Waals surface area contributed by atoms with Gasteiger partial charge in [-0.15, -0.1) is 0 Å². The number of nitrogens with zero attached hydrogens (tertiary/aromatic N) is 3. The number of hydrogen-bond donors (Lipinski definition) is 3. The van der Waals surface area contributed by atoms with Crippen molar-refractivity contribution in [2.45, 2.75) is 82.1 Å². The van der Waals surface area contributed by atoms with E-state index in [1.54, 1.807) is 19.2 Å². The molecule has 0 radical (unpaired) electrons. The highest BCUT2D eigenvalue weighted by Gasteiger charge is 2.51. The number of carbonyl (C=O) groups is 1. The molecule has 4 aliphatic rings. The Balaban J connectivity index is 1.36. The third-order valence-electron chi connectivity index (χ3n) is 8.45. The van der Waals surface area contributed by atoms with E-state index in [-0.39, 0.29) is 41.4 Å². The van der Waals surface area contributed by atoms with Gasteiger partial charge in [0.1, 0.15) is 6.17 Å². The minimum atomic E-state index is -3.57. The fourth-order valence-electron chi connectivity index (χ4n) is 6.77. The van der Waals surface area contributed by atoms with Crippen molar-refractivity contribution in [1.29, 1.82) is 5.26 Å². The molecule has 11 heteroatoms. The van der Waals surface area contributed by atoms with Gasteiger partial charge in [-0.3, -0.25) is 4.79 Å². The van der Waals surface area contributed by atoms with Crippen molar-refractivity contribution < 1.29 is 17.9 Å². The molecule has 3 heterocycles. The Morgan fingerprint density at radius 3 is 2.74 bits per heavy atom. The minimum Gasteiger partial charge on any atom is -0.384 e. The van der Waals surface area contributed by atoms with Crippen LogP contribution in [0.15, 0.2) is 23.1 Å². The monoisotopic (exact) mass is 544 g/mol. The average Bonchev–Trinajstić information content (AvgIpc) is 3.21. The van der Waals surface area contributed by atoms with Crippen LogP contribution in [0.4, 0.5) is 5.69 Å². The second kappa shape index (κ2) is 10.7. The van der Waals surface area contributed by atoms with Crippen LogP contribution in [0.25, 0.3) is 0 Å². The number of hydrogen-bond acceptors (Lipinski definition) is 8. The van der Waals surface area contributed by atoms with Crippen molar-refractivity contribution in [2.75, 3.05) is 32.1 Å². The number of anilines is 1. The standard InChI is InChI=1S/C27H40N6O4S/c1-27(2,17-37-3)16-32-15-19-13-20(9-10-23(19)38(32,35)36)30-25-24-22(11-12-29-26(24)34)33(31-25)21-8-6-4-5-7-18(21)14-28/h9-10,13,18,21-22,24-25,30-31H,4-8,11-12,15-17H2,1-3H3,(H,29,34)/t18-,21+,22?,24?,25?/m1/s1. The number of nitriles is 1. The Morgan fingerprint density at radius 1 is 1.18 bits per heavy atom. The van der Waals surface area contributed by atoms with Gasteiger partial charge in [0.2, 0.25) is 15.9 Å². The highest BCUT2D eigenvalue weighted by Crippen LogP contribution is 2.38. The lowest BCUT2D eigenvalue weighted by atomic mass is 9.88. The molecule has 3 unspecified atom stereocenters. The number of sulfonamides is 1. The smallest absolute Gasteiger partial charge is 0.243 e. The second-order valence-corrected chi connectivity index (χ2v) is 13.9. The second-order valence-electron chi connectivity index (χ2n) is 12.0. The Hall–Kier alpha value is -2.23. The Kier molecular flexibility index (Phi) is 7.73. The summed E-state index contributed by atoms with van der Waals surface area (Å²) in [5, 5.41) is 18.6. The molecular weight excluding hydrogens is 504 g/mol. The molecule has 0 spiro atoms. The van der Waals surface area contributed by atoms with E-state index in [2.05, 4.69) is 27.1 Å². The number of ether oxygens (including phenoxy) is 1. The molecule has 1 amide bonds. The lowest BCUT2D eigenvalue weighted by molar-refractivity contribution is -0.128. The molecule has 5 atom stereocenters. The molecule has 0 bridgehead atoms. The zero-order valence-electron chi connectivity index (χ0n) is 22.6. The summed E-state index contributed by atoms with van der Waals surface area (Å²) in [4.78, 5) is 13.4. The van der Waals surface area contributed by atoms with Crippen LogP contribution >= 0.6 is 0 Å². The highest BCUT2D eigenvalue weighted by molar-refractivity contribution is 7.89. The third-order valence-corrected chi connectivity index (χ3v) is 10.3. The van der Waals surface area contributed by atoms with Gasteiger partial charge in [-0.25, -0.2) is 18.9 Å². The lowest BCUT2D eigenvalue weighted by Gasteiger charge is -2.36.